The van der Waals surface area contributed by atoms with E-state index in [-0.39, 0.29) is 5.91 Å². The molecule has 1 aromatic carbocycles. The highest BCUT2D eigenvalue weighted by molar-refractivity contribution is 6.07. The van der Waals surface area contributed by atoms with Crippen LogP contribution < -0.4 is 14.8 Å². The van der Waals surface area contributed by atoms with Crippen molar-refractivity contribution in [1.29, 1.82) is 0 Å². The molecule has 5 nitrogen and oxygen atoms in total. The number of aromatic amines is 1. The Morgan fingerprint density at radius 1 is 1.26 bits per heavy atom. The summed E-state index contributed by atoms with van der Waals surface area (Å²) in [6.07, 6.45) is 2.61. The second-order valence-electron chi connectivity index (χ2n) is 4.21. The number of aromatic nitrogens is 1. The number of H-pyrrole nitrogens is 1. The molecule has 1 amide bonds. The van der Waals surface area contributed by atoms with Gasteiger partial charge in [-0.3, -0.25) is 4.79 Å². The molecular weight excluding hydrogens is 244 g/mol. The summed E-state index contributed by atoms with van der Waals surface area (Å²) in [6, 6.07) is 3.64. The Morgan fingerprint density at radius 2 is 1.95 bits per heavy atom. The highest BCUT2D eigenvalue weighted by Crippen LogP contribution is 2.33. The van der Waals surface area contributed by atoms with Crippen LogP contribution in [0.2, 0.25) is 0 Å². The third kappa shape index (κ3) is 2.50. The molecular formula is C14H18N2O3. The Balaban J connectivity index is 2.44. The molecule has 102 valence electrons. The van der Waals surface area contributed by atoms with E-state index in [2.05, 4.69) is 10.3 Å². The Bertz CT molecular complexity index is 590. The normalized spacial score (nSPS) is 10.5. The average Bonchev–Trinajstić information content (AvgIpc) is 2.85. The summed E-state index contributed by atoms with van der Waals surface area (Å²) >= 11 is 0. The van der Waals surface area contributed by atoms with Crippen molar-refractivity contribution < 1.29 is 14.3 Å². The average molecular weight is 262 g/mol. The highest BCUT2D eigenvalue weighted by atomic mass is 16.5. The van der Waals surface area contributed by atoms with Crippen LogP contribution in [0.5, 0.6) is 11.5 Å². The van der Waals surface area contributed by atoms with Gasteiger partial charge in [0.2, 0.25) is 0 Å². The van der Waals surface area contributed by atoms with Crippen LogP contribution >= 0.6 is 0 Å². The molecule has 0 saturated heterocycles. The topological polar surface area (TPSA) is 63.4 Å². The van der Waals surface area contributed by atoms with Crippen LogP contribution in [0.3, 0.4) is 0 Å². The number of hydrogen-bond acceptors (Lipinski definition) is 3. The van der Waals surface area contributed by atoms with Crippen LogP contribution in [-0.2, 0) is 0 Å². The summed E-state index contributed by atoms with van der Waals surface area (Å²) in [7, 11) is 3.16. The van der Waals surface area contributed by atoms with Gasteiger partial charge in [-0.15, -0.1) is 0 Å². The van der Waals surface area contributed by atoms with E-state index in [0.717, 1.165) is 17.3 Å². The molecule has 2 rings (SSSR count). The lowest BCUT2D eigenvalue weighted by Crippen LogP contribution is -2.23. The van der Waals surface area contributed by atoms with Crippen molar-refractivity contribution >= 4 is 16.8 Å². The van der Waals surface area contributed by atoms with Gasteiger partial charge in [0.05, 0.1) is 25.3 Å². The Labute approximate surface area is 111 Å². The number of methoxy groups -OCH3 is 2. The number of rotatable bonds is 5. The number of carbonyl (C=O) groups excluding carboxylic acids is 1. The monoisotopic (exact) mass is 262 g/mol. The van der Waals surface area contributed by atoms with Gasteiger partial charge in [-0.1, -0.05) is 6.92 Å². The third-order valence-electron chi connectivity index (χ3n) is 2.97. The minimum absolute atomic E-state index is 0.0830. The summed E-state index contributed by atoms with van der Waals surface area (Å²) in [5, 5.41) is 3.69. The van der Waals surface area contributed by atoms with E-state index in [9.17, 15) is 4.79 Å². The number of ether oxygens (including phenoxy) is 2. The van der Waals surface area contributed by atoms with E-state index in [1.165, 1.54) is 0 Å². The second kappa shape index (κ2) is 5.65. The molecule has 2 aromatic rings. The molecule has 0 fully saturated rings. The van der Waals surface area contributed by atoms with Crippen molar-refractivity contribution in [3.05, 3.63) is 23.9 Å². The zero-order valence-electron chi connectivity index (χ0n) is 11.4. The Hall–Kier alpha value is -2.17. The molecule has 0 aliphatic rings. The van der Waals surface area contributed by atoms with Crippen LogP contribution in [0.25, 0.3) is 10.9 Å². The van der Waals surface area contributed by atoms with Crippen molar-refractivity contribution in [2.24, 2.45) is 0 Å². The van der Waals surface area contributed by atoms with Gasteiger partial charge < -0.3 is 19.8 Å². The molecule has 1 heterocycles. The van der Waals surface area contributed by atoms with Crippen LogP contribution in [0.4, 0.5) is 0 Å². The highest BCUT2D eigenvalue weighted by Gasteiger charge is 2.14. The smallest absolute Gasteiger partial charge is 0.253 e. The largest absolute Gasteiger partial charge is 0.493 e. The fourth-order valence-electron chi connectivity index (χ4n) is 1.97. The molecule has 0 bridgehead atoms. The van der Waals surface area contributed by atoms with Crippen molar-refractivity contribution in [3.63, 3.8) is 0 Å². The maximum Gasteiger partial charge on any atom is 0.253 e. The maximum absolute atomic E-state index is 12.0. The quantitative estimate of drug-likeness (QED) is 0.869. The zero-order chi connectivity index (χ0) is 13.8. The minimum atomic E-state index is -0.0830. The fraction of sp³-hybridized carbons (Fsp3) is 0.357. The van der Waals surface area contributed by atoms with Gasteiger partial charge in [0.25, 0.3) is 5.91 Å². The maximum atomic E-state index is 12.0. The van der Waals surface area contributed by atoms with Gasteiger partial charge >= 0.3 is 0 Å². The second-order valence-corrected chi connectivity index (χ2v) is 4.21. The first-order valence-corrected chi connectivity index (χ1v) is 6.22. The Kier molecular flexibility index (Phi) is 3.94. The lowest BCUT2D eigenvalue weighted by atomic mass is 10.1. The van der Waals surface area contributed by atoms with Crippen LogP contribution in [0.1, 0.15) is 23.7 Å². The third-order valence-corrected chi connectivity index (χ3v) is 2.97. The van der Waals surface area contributed by atoms with Crippen LogP contribution in [0.15, 0.2) is 18.3 Å². The van der Waals surface area contributed by atoms with E-state index in [0.29, 0.717) is 23.6 Å². The van der Waals surface area contributed by atoms with Gasteiger partial charge in [-0.2, -0.15) is 0 Å². The van der Waals surface area contributed by atoms with E-state index in [4.69, 9.17) is 9.47 Å². The summed E-state index contributed by atoms with van der Waals surface area (Å²) in [5.74, 6) is 1.16. The van der Waals surface area contributed by atoms with Crippen molar-refractivity contribution in [3.8, 4) is 11.5 Å². The number of nitrogens with one attached hydrogen (secondary N) is 2. The summed E-state index contributed by atoms with van der Waals surface area (Å²) in [5.41, 5.74) is 1.46. The fourth-order valence-corrected chi connectivity index (χ4v) is 1.97. The van der Waals surface area contributed by atoms with Gasteiger partial charge in [0.15, 0.2) is 11.5 Å². The van der Waals surface area contributed by atoms with Crippen LogP contribution in [-0.4, -0.2) is 31.7 Å². The van der Waals surface area contributed by atoms with E-state index >= 15 is 0 Å². The van der Waals surface area contributed by atoms with Crippen LogP contribution in [0, 0.1) is 0 Å². The number of fused-ring (bicyclic) bond motifs is 1. The summed E-state index contributed by atoms with van der Waals surface area (Å²) in [4.78, 5) is 15.1. The number of benzene rings is 1. The summed E-state index contributed by atoms with van der Waals surface area (Å²) in [6.45, 7) is 2.68. The minimum Gasteiger partial charge on any atom is -0.493 e. The standard InChI is InChI=1S/C14H18N2O3/c1-4-5-15-14(17)10-8-16-11-7-13(19-3)12(18-2)6-9(10)11/h6-8,16H,4-5H2,1-3H3,(H,15,17). The molecule has 1 aromatic heterocycles. The van der Waals surface area contributed by atoms with Gasteiger partial charge in [-0.05, 0) is 12.5 Å². The predicted octanol–water partition coefficient (Wildman–Crippen LogP) is 2.32. The SMILES string of the molecule is CCCNC(=O)c1c[nH]c2cc(OC)c(OC)cc12. The van der Waals surface area contributed by atoms with E-state index in [1.54, 1.807) is 20.4 Å². The molecule has 0 radical (unpaired) electrons. The molecule has 0 atom stereocenters. The molecule has 0 spiro atoms. The first kappa shape index (κ1) is 13.3. The van der Waals surface area contributed by atoms with E-state index < -0.39 is 0 Å². The number of amides is 1. The molecule has 19 heavy (non-hydrogen) atoms. The molecule has 2 N–H and O–H groups in total. The van der Waals surface area contributed by atoms with Crippen molar-refractivity contribution in [2.75, 3.05) is 20.8 Å². The molecule has 0 unspecified atom stereocenters. The molecule has 0 aliphatic carbocycles. The van der Waals surface area contributed by atoms with Crippen molar-refractivity contribution in [2.45, 2.75) is 13.3 Å². The first-order chi connectivity index (χ1) is 9.21. The van der Waals surface area contributed by atoms with Crippen molar-refractivity contribution in [1.82, 2.24) is 10.3 Å². The predicted molar refractivity (Wildman–Crippen MR) is 74.0 cm³/mol. The lowest BCUT2D eigenvalue weighted by molar-refractivity contribution is 0.0955. The lowest BCUT2D eigenvalue weighted by Gasteiger charge is -2.08. The summed E-state index contributed by atoms with van der Waals surface area (Å²) < 4.78 is 10.5. The first-order valence-electron chi connectivity index (χ1n) is 6.22. The number of hydrogen-bond donors (Lipinski definition) is 2. The molecule has 0 aliphatic heterocycles. The zero-order valence-corrected chi connectivity index (χ0v) is 11.4. The molecule has 5 heteroatoms. The van der Waals surface area contributed by atoms with E-state index in [1.807, 2.05) is 19.1 Å². The Morgan fingerprint density at radius 3 is 2.58 bits per heavy atom. The number of carbonyl (C=O) groups is 1. The molecule has 0 saturated carbocycles. The van der Waals surface area contributed by atoms with Gasteiger partial charge in [0.1, 0.15) is 0 Å². The van der Waals surface area contributed by atoms with Gasteiger partial charge in [0, 0.05) is 24.2 Å². The van der Waals surface area contributed by atoms with Gasteiger partial charge in [-0.25, -0.2) is 0 Å².